The number of rotatable bonds is 6. The Bertz CT molecular complexity index is 427. The van der Waals surface area contributed by atoms with Crippen LogP contribution in [0, 0.1) is 5.92 Å². The number of unbranched alkanes of at least 4 members (excludes halogenated alkanes) is 1. The smallest absolute Gasteiger partial charge is 0.225 e. The van der Waals surface area contributed by atoms with E-state index in [9.17, 15) is 4.79 Å². The number of amides is 1. The van der Waals surface area contributed by atoms with E-state index in [0.717, 1.165) is 57.7 Å². The summed E-state index contributed by atoms with van der Waals surface area (Å²) < 4.78 is 0. The molecule has 4 heteroatoms. The molecule has 21 heavy (non-hydrogen) atoms. The summed E-state index contributed by atoms with van der Waals surface area (Å²) in [7, 11) is 0. The molecule has 116 valence electrons. The molecular weight excluding hydrogens is 262 g/mol. The molecule has 0 aliphatic carbocycles. The quantitative estimate of drug-likeness (QED) is 0.808. The largest absolute Gasteiger partial charge is 0.353 e. The lowest BCUT2D eigenvalue weighted by molar-refractivity contribution is -0.136. The van der Waals surface area contributed by atoms with Gasteiger partial charge in [0.25, 0.3) is 0 Å². The highest BCUT2D eigenvalue weighted by atomic mass is 16.2. The van der Waals surface area contributed by atoms with Gasteiger partial charge in [0, 0.05) is 38.3 Å². The maximum atomic E-state index is 12.6. The van der Waals surface area contributed by atoms with E-state index in [1.54, 1.807) is 0 Å². The standard InChI is InChI=1S/C17H27N3O/c1-3-5-8-15(4-2)17(21)20-13-11-19(12-14-20)16-9-6-7-10-18-16/h6-7,9-10,15H,3-5,8,11-14H2,1-2H3/t15-/m0/s1. The second-order valence-corrected chi connectivity index (χ2v) is 5.75. The first-order valence-electron chi connectivity index (χ1n) is 8.21. The van der Waals surface area contributed by atoms with Crippen molar-refractivity contribution in [3.05, 3.63) is 24.4 Å². The zero-order valence-electron chi connectivity index (χ0n) is 13.3. The van der Waals surface area contributed by atoms with Crippen molar-refractivity contribution in [2.45, 2.75) is 39.5 Å². The molecule has 0 bridgehead atoms. The summed E-state index contributed by atoms with van der Waals surface area (Å²) in [6, 6.07) is 5.98. The molecule has 1 saturated heterocycles. The molecule has 0 spiro atoms. The molecule has 2 heterocycles. The van der Waals surface area contributed by atoms with E-state index in [4.69, 9.17) is 0 Å². The van der Waals surface area contributed by atoms with E-state index >= 15 is 0 Å². The lowest BCUT2D eigenvalue weighted by Crippen LogP contribution is -2.50. The Hall–Kier alpha value is -1.58. The molecule has 1 aliphatic rings. The third kappa shape index (κ3) is 4.19. The maximum Gasteiger partial charge on any atom is 0.225 e. The van der Waals surface area contributed by atoms with Crippen molar-refractivity contribution in [1.82, 2.24) is 9.88 Å². The molecular formula is C17H27N3O. The minimum atomic E-state index is 0.214. The second-order valence-electron chi connectivity index (χ2n) is 5.75. The molecule has 0 radical (unpaired) electrons. The van der Waals surface area contributed by atoms with E-state index in [1.165, 1.54) is 0 Å². The molecule has 2 rings (SSSR count). The number of aromatic nitrogens is 1. The topological polar surface area (TPSA) is 36.4 Å². The zero-order chi connectivity index (χ0) is 15.1. The van der Waals surface area contributed by atoms with Gasteiger partial charge in [-0.05, 0) is 25.0 Å². The molecule has 1 amide bonds. The molecule has 1 fully saturated rings. The first-order chi connectivity index (χ1) is 10.3. The Labute approximate surface area is 128 Å². The third-order valence-electron chi connectivity index (χ3n) is 4.31. The van der Waals surface area contributed by atoms with Gasteiger partial charge >= 0.3 is 0 Å². The Kier molecular flexibility index (Phi) is 6.03. The fraction of sp³-hybridized carbons (Fsp3) is 0.647. The van der Waals surface area contributed by atoms with Crippen molar-refractivity contribution in [2.24, 2.45) is 5.92 Å². The Morgan fingerprint density at radius 2 is 2.00 bits per heavy atom. The molecule has 1 aliphatic heterocycles. The van der Waals surface area contributed by atoms with Gasteiger partial charge in [-0.25, -0.2) is 4.98 Å². The van der Waals surface area contributed by atoms with Crippen LogP contribution in [0.4, 0.5) is 5.82 Å². The van der Waals surface area contributed by atoms with Gasteiger partial charge in [0.2, 0.25) is 5.91 Å². The molecule has 1 aromatic heterocycles. The lowest BCUT2D eigenvalue weighted by atomic mass is 9.97. The lowest BCUT2D eigenvalue weighted by Gasteiger charge is -2.37. The fourth-order valence-electron chi connectivity index (χ4n) is 2.91. The molecule has 1 atom stereocenters. The van der Waals surface area contributed by atoms with Gasteiger partial charge in [-0.2, -0.15) is 0 Å². The average Bonchev–Trinajstić information content (AvgIpc) is 2.56. The summed E-state index contributed by atoms with van der Waals surface area (Å²) in [5.74, 6) is 1.58. The van der Waals surface area contributed by atoms with Crippen LogP contribution in [0.25, 0.3) is 0 Å². The molecule has 0 N–H and O–H groups in total. The Morgan fingerprint density at radius 1 is 1.24 bits per heavy atom. The van der Waals surface area contributed by atoms with Crippen LogP contribution in [0.5, 0.6) is 0 Å². The monoisotopic (exact) mass is 289 g/mol. The van der Waals surface area contributed by atoms with Crippen LogP contribution >= 0.6 is 0 Å². The second kappa shape index (κ2) is 8.01. The van der Waals surface area contributed by atoms with Gasteiger partial charge < -0.3 is 9.80 Å². The third-order valence-corrected chi connectivity index (χ3v) is 4.31. The van der Waals surface area contributed by atoms with Crippen LogP contribution in [0.3, 0.4) is 0 Å². The van der Waals surface area contributed by atoms with Crippen LogP contribution < -0.4 is 4.90 Å². The number of hydrogen-bond donors (Lipinski definition) is 0. The normalized spacial score (nSPS) is 16.9. The van der Waals surface area contributed by atoms with Crippen molar-refractivity contribution in [3.63, 3.8) is 0 Å². The van der Waals surface area contributed by atoms with E-state index in [-0.39, 0.29) is 5.92 Å². The highest BCUT2D eigenvalue weighted by Crippen LogP contribution is 2.18. The first kappa shape index (κ1) is 15.8. The van der Waals surface area contributed by atoms with Crippen molar-refractivity contribution in [2.75, 3.05) is 31.1 Å². The van der Waals surface area contributed by atoms with Gasteiger partial charge in [-0.15, -0.1) is 0 Å². The van der Waals surface area contributed by atoms with E-state index in [0.29, 0.717) is 5.91 Å². The van der Waals surface area contributed by atoms with Gasteiger partial charge in [0.05, 0.1) is 0 Å². The van der Waals surface area contributed by atoms with Crippen molar-refractivity contribution in [1.29, 1.82) is 0 Å². The van der Waals surface area contributed by atoms with Crippen LogP contribution in [-0.2, 0) is 4.79 Å². The highest BCUT2D eigenvalue weighted by molar-refractivity contribution is 5.79. The summed E-state index contributed by atoms with van der Waals surface area (Å²) >= 11 is 0. The van der Waals surface area contributed by atoms with Crippen LogP contribution in [0.2, 0.25) is 0 Å². The number of anilines is 1. The van der Waals surface area contributed by atoms with Gasteiger partial charge in [0.1, 0.15) is 5.82 Å². The summed E-state index contributed by atoms with van der Waals surface area (Å²) in [6.07, 6.45) is 6.13. The number of pyridine rings is 1. The zero-order valence-corrected chi connectivity index (χ0v) is 13.3. The van der Waals surface area contributed by atoms with Crippen molar-refractivity contribution in [3.8, 4) is 0 Å². The predicted octanol–water partition coefficient (Wildman–Crippen LogP) is 2.95. The highest BCUT2D eigenvalue weighted by Gasteiger charge is 2.26. The summed E-state index contributed by atoms with van der Waals surface area (Å²) in [4.78, 5) is 21.3. The molecule has 1 aromatic rings. The minimum absolute atomic E-state index is 0.214. The van der Waals surface area contributed by atoms with Crippen LogP contribution in [-0.4, -0.2) is 42.0 Å². The summed E-state index contributed by atoms with van der Waals surface area (Å²) in [5, 5.41) is 0. The summed E-state index contributed by atoms with van der Waals surface area (Å²) in [6.45, 7) is 7.71. The Balaban J connectivity index is 1.86. The number of carbonyl (C=O) groups is 1. The van der Waals surface area contributed by atoms with E-state index < -0.39 is 0 Å². The molecule has 0 aromatic carbocycles. The van der Waals surface area contributed by atoms with Crippen molar-refractivity contribution < 1.29 is 4.79 Å². The fourth-order valence-corrected chi connectivity index (χ4v) is 2.91. The SMILES string of the molecule is CCCC[C@H](CC)C(=O)N1CCN(c2ccccn2)CC1. The van der Waals surface area contributed by atoms with Crippen LogP contribution in [0.15, 0.2) is 24.4 Å². The van der Waals surface area contributed by atoms with Crippen LogP contribution in [0.1, 0.15) is 39.5 Å². The minimum Gasteiger partial charge on any atom is -0.353 e. The van der Waals surface area contributed by atoms with Gasteiger partial charge in [0.15, 0.2) is 0 Å². The van der Waals surface area contributed by atoms with Gasteiger partial charge in [-0.3, -0.25) is 4.79 Å². The average molecular weight is 289 g/mol. The molecule has 4 nitrogen and oxygen atoms in total. The number of carbonyl (C=O) groups excluding carboxylic acids is 1. The molecule has 0 saturated carbocycles. The predicted molar refractivity (Wildman–Crippen MR) is 86.3 cm³/mol. The van der Waals surface area contributed by atoms with E-state index in [2.05, 4.69) is 23.7 Å². The number of nitrogens with zero attached hydrogens (tertiary/aromatic N) is 3. The van der Waals surface area contributed by atoms with E-state index in [1.807, 2.05) is 29.3 Å². The van der Waals surface area contributed by atoms with Gasteiger partial charge in [-0.1, -0.05) is 32.8 Å². The number of piperazine rings is 1. The van der Waals surface area contributed by atoms with Crippen molar-refractivity contribution >= 4 is 11.7 Å². The molecule has 0 unspecified atom stereocenters. The maximum absolute atomic E-state index is 12.6. The summed E-state index contributed by atoms with van der Waals surface area (Å²) in [5.41, 5.74) is 0. The Morgan fingerprint density at radius 3 is 2.57 bits per heavy atom. The first-order valence-corrected chi connectivity index (χ1v) is 8.21. The number of hydrogen-bond acceptors (Lipinski definition) is 3.